The molecule has 1 aromatic heterocycles. The van der Waals surface area contributed by atoms with Gasteiger partial charge in [0.2, 0.25) is 0 Å². The Balaban J connectivity index is 1.80. The van der Waals surface area contributed by atoms with Gasteiger partial charge in [-0.15, -0.1) is 0 Å². The van der Waals surface area contributed by atoms with Crippen LogP contribution in [0.1, 0.15) is 16.1 Å². The molecule has 21 heavy (non-hydrogen) atoms. The lowest BCUT2D eigenvalue weighted by Crippen LogP contribution is -2.25. The third-order valence-electron chi connectivity index (χ3n) is 3.31. The number of carbonyl (C=O) groups is 1. The van der Waals surface area contributed by atoms with Crippen molar-refractivity contribution < 1.29 is 14.3 Å². The van der Waals surface area contributed by atoms with Crippen LogP contribution in [-0.2, 0) is 6.54 Å². The van der Waals surface area contributed by atoms with Crippen molar-refractivity contribution in [1.82, 2.24) is 4.90 Å². The van der Waals surface area contributed by atoms with Gasteiger partial charge in [-0.05, 0) is 29.8 Å². The van der Waals surface area contributed by atoms with Crippen LogP contribution in [0.25, 0.3) is 11.0 Å². The fourth-order valence-corrected chi connectivity index (χ4v) is 2.28. The van der Waals surface area contributed by atoms with Crippen LogP contribution in [0.15, 0.2) is 59.0 Å². The zero-order valence-corrected chi connectivity index (χ0v) is 11.6. The molecule has 0 atom stereocenters. The highest BCUT2D eigenvalue weighted by Gasteiger charge is 2.16. The minimum Gasteiger partial charge on any atom is -0.508 e. The minimum atomic E-state index is -0.186. The van der Waals surface area contributed by atoms with Crippen LogP contribution >= 0.6 is 0 Å². The first-order valence-corrected chi connectivity index (χ1v) is 6.65. The molecule has 3 aromatic rings. The van der Waals surface area contributed by atoms with Crippen molar-refractivity contribution in [2.24, 2.45) is 0 Å². The Morgan fingerprint density at radius 2 is 1.95 bits per heavy atom. The highest BCUT2D eigenvalue weighted by Crippen LogP contribution is 2.20. The third-order valence-corrected chi connectivity index (χ3v) is 3.31. The van der Waals surface area contributed by atoms with E-state index in [9.17, 15) is 9.90 Å². The van der Waals surface area contributed by atoms with Crippen molar-refractivity contribution >= 4 is 16.9 Å². The third kappa shape index (κ3) is 2.74. The van der Waals surface area contributed by atoms with E-state index in [0.29, 0.717) is 17.9 Å². The van der Waals surface area contributed by atoms with Crippen molar-refractivity contribution in [1.29, 1.82) is 0 Å². The monoisotopic (exact) mass is 281 g/mol. The molecule has 4 nitrogen and oxygen atoms in total. The van der Waals surface area contributed by atoms with Crippen LogP contribution in [0.5, 0.6) is 5.75 Å². The summed E-state index contributed by atoms with van der Waals surface area (Å²) < 4.78 is 5.57. The molecule has 3 rings (SSSR count). The van der Waals surface area contributed by atoms with E-state index in [1.54, 1.807) is 36.2 Å². The Hall–Kier alpha value is -2.75. The molecule has 0 aliphatic carbocycles. The van der Waals surface area contributed by atoms with Crippen molar-refractivity contribution in [3.05, 3.63) is 65.9 Å². The highest BCUT2D eigenvalue weighted by atomic mass is 16.3. The number of aromatic hydroxyl groups is 1. The normalized spacial score (nSPS) is 10.7. The number of hydrogen-bond donors (Lipinski definition) is 1. The molecule has 0 unspecified atom stereocenters. The molecule has 0 saturated heterocycles. The lowest BCUT2D eigenvalue weighted by molar-refractivity contribution is 0.0755. The average Bonchev–Trinajstić information content (AvgIpc) is 2.90. The average molecular weight is 281 g/mol. The van der Waals surface area contributed by atoms with Gasteiger partial charge in [-0.2, -0.15) is 0 Å². The molecule has 0 aliphatic rings. The summed E-state index contributed by atoms with van der Waals surface area (Å²) in [5, 5.41) is 10.4. The molecule has 1 heterocycles. The summed E-state index contributed by atoms with van der Waals surface area (Å²) in [6.07, 6.45) is 0. The maximum absolute atomic E-state index is 12.4. The maximum atomic E-state index is 12.4. The van der Waals surface area contributed by atoms with Gasteiger partial charge < -0.3 is 14.4 Å². The van der Waals surface area contributed by atoms with Gasteiger partial charge in [-0.25, -0.2) is 0 Å². The predicted octanol–water partition coefficient (Wildman–Crippen LogP) is 3.41. The molecule has 1 N–H and O–H groups in total. The molecule has 0 aliphatic heterocycles. The van der Waals surface area contributed by atoms with Crippen LogP contribution in [0.3, 0.4) is 0 Å². The van der Waals surface area contributed by atoms with E-state index in [0.717, 1.165) is 10.9 Å². The number of furan rings is 1. The second-order valence-electron chi connectivity index (χ2n) is 4.98. The Labute approximate surface area is 122 Å². The quantitative estimate of drug-likeness (QED) is 0.800. The van der Waals surface area contributed by atoms with Crippen molar-refractivity contribution in [2.75, 3.05) is 7.05 Å². The molecule has 106 valence electrons. The van der Waals surface area contributed by atoms with Gasteiger partial charge in [0.15, 0.2) is 5.76 Å². The molecule has 0 saturated carbocycles. The Bertz CT molecular complexity index is 758. The minimum absolute atomic E-state index is 0.186. The molecular weight excluding hydrogens is 266 g/mol. The second kappa shape index (κ2) is 5.32. The first-order valence-electron chi connectivity index (χ1n) is 6.65. The highest BCUT2D eigenvalue weighted by molar-refractivity contribution is 5.95. The van der Waals surface area contributed by atoms with Gasteiger partial charge in [-0.3, -0.25) is 4.79 Å². The smallest absolute Gasteiger partial charge is 0.289 e. The first kappa shape index (κ1) is 13.2. The first-order chi connectivity index (χ1) is 10.1. The summed E-state index contributed by atoms with van der Waals surface area (Å²) in [5.41, 5.74) is 1.56. The van der Waals surface area contributed by atoms with Crippen LogP contribution in [0, 0.1) is 0 Å². The Morgan fingerprint density at radius 1 is 1.14 bits per heavy atom. The number of carbonyl (C=O) groups excluding carboxylic acids is 1. The van der Waals surface area contributed by atoms with Gasteiger partial charge in [0, 0.05) is 19.0 Å². The number of rotatable bonds is 3. The van der Waals surface area contributed by atoms with Crippen LogP contribution in [0.2, 0.25) is 0 Å². The van der Waals surface area contributed by atoms with Crippen molar-refractivity contribution in [3.63, 3.8) is 0 Å². The number of benzene rings is 2. The van der Waals surface area contributed by atoms with Gasteiger partial charge in [0.25, 0.3) is 5.91 Å². The summed E-state index contributed by atoms with van der Waals surface area (Å²) >= 11 is 0. The number of hydrogen-bond acceptors (Lipinski definition) is 3. The molecule has 0 radical (unpaired) electrons. The second-order valence-corrected chi connectivity index (χ2v) is 4.98. The number of phenolic OH excluding ortho intramolecular Hbond substituents is 1. The Kier molecular flexibility index (Phi) is 3.36. The van der Waals surface area contributed by atoms with Gasteiger partial charge in [0.1, 0.15) is 11.3 Å². The molecule has 1 amide bonds. The zero-order valence-electron chi connectivity index (χ0n) is 11.6. The summed E-state index contributed by atoms with van der Waals surface area (Å²) in [5.74, 6) is 0.325. The largest absolute Gasteiger partial charge is 0.508 e. The summed E-state index contributed by atoms with van der Waals surface area (Å²) in [6, 6.07) is 16.1. The van der Waals surface area contributed by atoms with E-state index in [1.807, 2.05) is 30.3 Å². The molecule has 0 spiro atoms. The van der Waals surface area contributed by atoms with E-state index >= 15 is 0 Å². The molecular formula is C17H15NO3. The predicted molar refractivity (Wildman–Crippen MR) is 80.1 cm³/mol. The Morgan fingerprint density at radius 3 is 2.71 bits per heavy atom. The zero-order chi connectivity index (χ0) is 14.8. The number of fused-ring (bicyclic) bond motifs is 1. The molecule has 0 fully saturated rings. The van der Waals surface area contributed by atoms with Gasteiger partial charge in [0.05, 0.1) is 0 Å². The topological polar surface area (TPSA) is 53.7 Å². The van der Waals surface area contributed by atoms with E-state index < -0.39 is 0 Å². The van der Waals surface area contributed by atoms with Crippen LogP contribution in [0.4, 0.5) is 0 Å². The van der Waals surface area contributed by atoms with Gasteiger partial charge >= 0.3 is 0 Å². The summed E-state index contributed by atoms with van der Waals surface area (Å²) in [7, 11) is 1.71. The van der Waals surface area contributed by atoms with E-state index in [-0.39, 0.29) is 11.7 Å². The number of nitrogens with zero attached hydrogens (tertiary/aromatic N) is 1. The summed E-state index contributed by atoms with van der Waals surface area (Å²) in [4.78, 5) is 13.9. The van der Waals surface area contributed by atoms with Crippen molar-refractivity contribution in [3.8, 4) is 5.75 Å². The fourth-order valence-electron chi connectivity index (χ4n) is 2.28. The van der Waals surface area contributed by atoms with Crippen molar-refractivity contribution in [2.45, 2.75) is 6.54 Å². The van der Waals surface area contributed by atoms with Crippen LogP contribution < -0.4 is 0 Å². The molecule has 0 bridgehead atoms. The lowest BCUT2D eigenvalue weighted by Gasteiger charge is -2.15. The van der Waals surface area contributed by atoms with Gasteiger partial charge in [-0.1, -0.05) is 30.3 Å². The fraction of sp³-hybridized carbons (Fsp3) is 0.118. The van der Waals surface area contributed by atoms with E-state index in [2.05, 4.69) is 0 Å². The number of para-hydroxylation sites is 1. The maximum Gasteiger partial charge on any atom is 0.289 e. The number of amides is 1. The number of phenols is 1. The molecule has 2 aromatic carbocycles. The van der Waals surface area contributed by atoms with Crippen LogP contribution in [-0.4, -0.2) is 23.0 Å². The lowest BCUT2D eigenvalue weighted by atomic mass is 10.2. The standard InChI is InChI=1S/C17H15NO3/c1-18(11-12-5-4-7-14(19)9-12)17(20)16-10-13-6-2-3-8-15(13)21-16/h2-10,19H,11H2,1H3. The van der Waals surface area contributed by atoms with E-state index in [1.165, 1.54) is 0 Å². The summed E-state index contributed by atoms with van der Waals surface area (Å²) in [6.45, 7) is 0.407. The van der Waals surface area contributed by atoms with E-state index in [4.69, 9.17) is 4.42 Å². The molecule has 4 heteroatoms. The SMILES string of the molecule is CN(Cc1cccc(O)c1)C(=O)c1cc2ccccc2o1.